The zero-order valence-electron chi connectivity index (χ0n) is 39.3. The van der Waals surface area contributed by atoms with Crippen molar-refractivity contribution in [1.82, 2.24) is 9.80 Å². The number of hydrogen-bond acceptors (Lipinski definition) is 14. The molecule has 1 aliphatic rings. The molecule has 0 saturated heterocycles. The molecule has 6 aromatic carbocycles. The zero-order valence-corrected chi connectivity index (χ0v) is 39.3. The molecule has 0 unspecified atom stereocenters. The second-order valence-electron chi connectivity index (χ2n) is 15.6. The van der Waals surface area contributed by atoms with Crippen LogP contribution in [-0.2, 0) is 39.5 Å². The second kappa shape index (κ2) is 22.9. The van der Waals surface area contributed by atoms with Crippen LogP contribution >= 0.6 is 0 Å². The summed E-state index contributed by atoms with van der Waals surface area (Å²) >= 11 is 0. The highest BCUT2D eigenvalue weighted by atomic mass is 16.5. The average Bonchev–Trinajstić information content (AvgIpc) is 3.81. The van der Waals surface area contributed by atoms with Crippen LogP contribution in [0, 0.1) is 0 Å². The standard InChI is InChI=1S/C53H58N2O12/c1-56-42-15-38(16-43(23-42)57-2)31-64-50-11-36(12-51(27-50)65-32-39-17-44(58-3)24-45(18-39)59-4)29-54-9-10-55(35-54)30-37-13-52(66-33-40-19-46(60-5)25-47(20-40)61-6)28-53(14-37)67-34-41-21-48(62-7)26-49(22-41)63-8/h9-28H,29-35H2,1-8H3. The summed E-state index contributed by atoms with van der Waals surface area (Å²) < 4.78 is 69.5. The molecule has 67 heavy (non-hydrogen) atoms. The van der Waals surface area contributed by atoms with Gasteiger partial charge >= 0.3 is 0 Å². The van der Waals surface area contributed by atoms with E-state index in [1.807, 2.05) is 109 Å². The van der Waals surface area contributed by atoms with E-state index < -0.39 is 0 Å². The van der Waals surface area contributed by atoms with Gasteiger partial charge in [0.1, 0.15) is 95.4 Å². The summed E-state index contributed by atoms with van der Waals surface area (Å²) in [5.41, 5.74) is 5.59. The van der Waals surface area contributed by atoms with Crippen LogP contribution in [0.1, 0.15) is 33.4 Å². The van der Waals surface area contributed by atoms with Crippen molar-refractivity contribution in [1.29, 1.82) is 0 Å². The van der Waals surface area contributed by atoms with E-state index >= 15 is 0 Å². The van der Waals surface area contributed by atoms with Gasteiger partial charge in [0.25, 0.3) is 0 Å². The molecule has 1 heterocycles. The first kappa shape index (κ1) is 47.2. The van der Waals surface area contributed by atoms with Gasteiger partial charge in [-0.15, -0.1) is 0 Å². The number of nitrogens with zero attached hydrogens (tertiary/aromatic N) is 2. The fraction of sp³-hybridized carbons (Fsp3) is 0.283. The first-order valence-electron chi connectivity index (χ1n) is 21.5. The van der Waals surface area contributed by atoms with Crippen LogP contribution in [-0.4, -0.2) is 73.3 Å². The minimum absolute atomic E-state index is 0.289. The van der Waals surface area contributed by atoms with Gasteiger partial charge in [-0.25, -0.2) is 0 Å². The SMILES string of the molecule is COc1cc(COc2cc(CN3C=CN(Cc4cc(OCc5cc(OC)cc(OC)c5)cc(OCc5cc(OC)cc(OC)c5)c4)C3)cc(OCc3cc(OC)cc(OC)c3)c2)cc(OC)c1. The predicted octanol–water partition coefficient (Wildman–Crippen LogP) is 9.82. The molecule has 0 saturated carbocycles. The Labute approximate surface area is 392 Å². The number of rotatable bonds is 24. The van der Waals surface area contributed by atoms with E-state index in [2.05, 4.69) is 22.2 Å². The molecule has 0 amide bonds. The topological polar surface area (TPSA) is 117 Å². The molecule has 14 nitrogen and oxygen atoms in total. The Morgan fingerprint density at radius 3 is 0.672 bits per heavy atom. The average molecular weight is 915 g/mol. The van der Waals surface area contributed by atoms with Gasteiger partial charge in [0.2, 0.25) is 0 Å². The quantitative estimate of drug-likeness (QED) is 0.0574. The molecule has 0 spiro atoms. The van der Waals surface area contributed by atoms with Gasteiger partial charge in [0, 0.05) is 61.9 Å². The molecule has 0 aliphatic carbocycles. The maximum Gasteiger partial charge on any atom is 0.123 e. The van der Waals surface area contributed by atoms with Crippen molar-refractivity contribution in [3.05, 3.63) is 155 Å². The molecule has 0 fully saturated rings. The van der Waals surface area contributed by atoms with Gasteiger partial charge in [-0.2, -0.15) is 0 Å². The summed E-state index contributed by atoms with van der Waals surface area (Å²) in [4.78, 5) is 4.46. The van der Waals surface area contributed by atoms with Gasteiger partial charge < -0.3 is 66.6 Å². The Morgan fingerprint density at radius 2 is 0.463 bits per heavy atom. The summed E-state index contributed by atoms with van der Waals surface area (Å²) in [6.07, 6.45) is 4.17. The molecule has 0 aromatic heterocycles. The lowest BCUT2D eigenvalue weighted by molar-refractivity contribution is 0.251. The molecule has 1 aliphatic heterocycles. The van der Waals surface area contributed by atoms with Crippen molar-refractivity contribution in [2.45, 2.75) is 39.5 Å². The zero-order chi connectivity index (χ0) is 47.1. The van der Waals surface area contributed by atoms with Crippen LogP contribution < -0.4 is 56.8 Å². The summed E-state index contributed by atoms with van der Waals surface area (Å²) in [5.74, 6) is 8.07. The van der Waals surface area contributed by atoms with Crippen molar-refractivity contribution in [3.8, 4) is 69.0 Å². The normalized spacial score (nSPS) is 11.8. The maximum atomic E-state index is 6.40. The molecular formula is C53H58N2O12. The third-order valence-corrected chi connectivity index (χ3v) is 10.8. The lowest BCUT2D eigenvalue weighted by atomic mass is 10.1. The van der Waals surface area contributed by atoms with Crippen molar-refractivity contribution >= 4 is 0 Å². The van der Waals surface area contributed by atoms with E-state index in [1.165, 1.54) is 0 Å². The van der Waals surface area contributed by atoms with Crippen LogP contribution in [0.4, 0.5) is 0 Å². The predicted molar refractivity (Wildman–Crippen MR) is 253 cm³/mol. The number of methoxy groups -OCH3 is 8. The van der Waals surface area contributed by atoms with Crippen LogP contribution in [0.15, 0.2) is 122 Å². The van der Waals surface area contributed by atoms with Crippen molar-refractivity contribution in [3.63, 3.8) is 0 Å². The Hall–Kier alpha value is -7.74. The van der Waals surface area contributed by atoms with E-state index in [-0.39, 0.29) is 26.4 Å². The van der Waals surface area contributed by atoms with Gasteiger partial charge in [-0.1, -0.05) is 0 Å². The Morgan fingerprint density at radius 1 is 0.269 bits per heavy atom. The van der Waals surface area contributed by atoms with Gasteiger partial charge in [0.05, 0.1) is 63.5 Å². The molecule has 7 rings (SSSR count). The number of hydrogen-bond donors (Lipinski definition) is 0. The van der Waals surface area contributed by atoms with Gasteiger partial charge in [0.15, 0.2) is 0 Å². The second-order valence-corrected chi connectivity index (χ2v) is 15.6. The molecule has 14 heteroatoms. The first-order valence-corrected chi connectivity index (χ1v) is 21.5. The lowest BCUT2D eigenvalue weighted by Gasteiger charge is -2.23. The number of ether oxygens (including phenoxy) is 12. The fourth-order valence-corrected chi connectivity index (χ4v) is 7.43. The molecule has 0 N–H and O–H groups in total. The molecule has 0 bridgehead atoms. The van der Waals surface area contributed by atoms with E-state index in [0.29, 0.717) is 88.8 Å². The first-order chi connectivity index (χ1) is 32.7. The summed E-state index contributed by atoms with van der Waals surface area (Å²) in [7, 11) is 13.0. The van der Waals surface area contributed by atoms with Crippen LogP contribution in [0.2, 0.25) is 0 Å². The van der Waals surface area contributed by atoms with E-state index in [0.717, 1.165) is 33.4 Å². The molecular weight excluding hydrogens is 857 g/mol. The van der Waals surface area contributed by atoms with Gasteiger partial charge in [-0.05, 0) is 106 Å². The largest absolute Gasteiger partial charge is 0.497 e. The monoisotopic (exact) mass is 914 g/mol. The van der Waals surface area contributed by atoms with E-state index in [1.54, 1.807) is 56.9 Å². The number of benzene rings is 6. The summed E-state index contributed by atoms with van der Waals surface area (Å²) in [6, 6.07) is 34.7. The fourth-order valence-electron chi connectivity index (χ4n) is 7.43. The van der Waals surface area contributed by atoms with Gasteiger partial charge in [-0.3, -0.25) is 0 Å². The van der Waals surface area contributed by atoms with E-state index in [9.17, 15) is 0 Å². The Bertz CT molecular complexity index is 2200. The van der Waals surface area contributed by atoms with Crippen molar-refractivity contribution in [2.24, 2.45) is 0 Å². The Kier molecular flexibility index (Phi) is 16.2. The highest BCUT2D eigenvalue weighted by Gasteiger charge is 2.17. The minimum Gasteiger partial charge on any atom is -0.497 e. The van der Waals surface area contributed by atoms with E-state index in [4.69, 9.17) is 56.8 Å². The lowest BCUT2D eigenvalue weighted by Crippen LogP contribution is -2.24. The highest BCUT2D eigenvalue weighted by Crippen LogP contribution is 2.32. The van der Waals surface area contributed by atoms with Crippen LogP contribution in [0.5, 0.6) is 69.0 Å². The minimum atomic E-state index is 0.289. The molecule has 6 aromatic rings. The van der Waals surface area contributed by atoms with Crippen LogP contribution in [0.25, 0.3) is 0 Å². The van der Waals surface area contributed by atoms with Crippen molar-refractivity contribution < 1.29 is 56.8 Å². The maximum absolute atomic E-state index is 6.40. The van der Waals surface area contributed by atoms with Crippen molar-refractivity contribution in [2.75, 3.05) is 63.5 Å². The molecule has 0 atom stereocenters. The molecule has 352 valence electrons. The van der Waals surface area contributed by atoms with Crippen LogP contribution in [0.3, 0.4) is 0 Å². The summed E-state index contributed by atoms with van der Waals surface area (Å²) in [5, 5.41) is 0. The third-order valence-electron chi connectivity index (χ3n) is 10.8. The highest BCUT2D eigenvalue weighted by molar-refractivity contribution is 5.44. The third kappa shape index (κ3) is 13.4. The molecule has 0 radical (unpaired) electrons. The smallest absolute Gasteiger partial charge is 0.123 e. The Balaban J connectivity index is 1.08. The summed E-state index contributed by atoms with van der Waals surface area (Å²) in [6.45, 7) is 2.96.